The molecule has 0 amide bonds. The number of carbonyl (C=O) groups is 1. The number of rotatable bonds is 6. The van der Waals surface area contributed by atoms with Gasteiger partial charge in [0.15, 0.2) is 0 Å². The van der Waals surface area contributed by atoms with Gasteiger partial charge in [0.25, 0.3) is 0 Å². The first kappa shape index (κ1) is 14.9. The molecule has 1 saturated heterocycles. The van der Waals surface area contributed by atoms with E-state index >= 15 is 0 Å². The molecule has 1 atom stereocenters. The average molecular weight is 277 g/mol. The molecule has 4 nitrogen and oxygen atoms in total. The van der Waals surface area contributed by atoms with Crippen LogP contribution in [-0.4, -0.2) is 31.8 Å². The summed E-state index contributed by atoms with van der Waals surface area (Å²) in [5, 5.41) is 3.50. The van der Waals surface area contributed by atoms with Crippen molar-refractivity contribution >= 4 is 5.97 Å². The van der Waals surface area contributed by atoms with Crippen molar-refractivity contribution in [1.82, 2.24) is 5.32 Å². The fourth-order valence-corrected chi connectivity index (χ4v) is 2.42. The summed E-state index contributed by atoms with van der Waals surface area (Å²) in [7, 11) is 0. The number of piperidine rings is 1. The minimum Gasteiger partial charge on any atom is -0.494 e. The summed E-state index contributed by atoms with van der Waals surface area (Å²) in [5.41, 5.74) is 0.542. The fraction of sp³-hybridized carbons (Fsp3) is 0.562. The lowest BCUT2D eigenvalue weighted by atomic mass is 10.0. The molecule has 2 rings (SSSR count). The normalized spacial score (nSPS) is 18.6. The molecule has 0 aromatic heterocycles. The average Bonchev–Trinajstić information content (AvgIpc) is 2.49. The Morgan fingerprint density at radius 3 is 3.05 bits per heavy atom. The topological polar surface area (TPSA) is 47.6 Å². The van der Waals surface area contributed by atoms with E-state index in [-0.39, 0.29) is 5.97 Å². The van der Waals surface area contributed by atoms with Gasteiger partial charge in [-0.1, -0.05) is 12.5 Å². The van der Waals surface area contributed by atoms with Crippen molar-refractivity contribution in [3.05, 3.63) is 29.8 Å². The Balaban J connectivity index is 1.80. The summed E-state index contributed by atoms with van der Waals surface area (Å²) in [6.45, 7) is 3.97. The molecule has 1 heterocycles. The van der Waals surface area contributed by atoms with Gasteiger partial charge in [-0.3, -0.25) is 0 Å². The summed E-state index contributed by atoms with van der Waals surface area (Å²) >= 11 is 0. The minimum absolute atomic E-state index is 0.299. The maximum absolute atomic E-state index is 11.6. The fourth-order valence-electron chi connectivity index (χ4n) is 2.42. The van der Waals surface area contributed by atoms with E-state index in [9.17, 15) is 4.79 Å². The lowest BCUT2D eigenvalue weighted by molar-refractivity contribution is 0.0526. The predicted octanol–water partition coefficient (Wildman–Crippen LogP) is 2.77. The molecule has 1 aromatic rings. The zero-order chi connectivity index (χ0) is 14.2. The molecule has 0 radical (unpaired) electrons. The third-order valence-electron chi connectivity index (χ3n) is 3.49. The molecule has 4 heteroatoms. The SMILES string of the molecule is CCOC(=O)c1cccc(OCC[C@H]2CCCCN2)c1. The highest BCUT2D eigenvalue weighted by Gasteiger charge is 2.12. The molecule has 0 spiro atoms. The Bertz CT molecular complexity index is 427. The van der Waals surface area contributed by atoms with Gasteiger partial charge < -0.3 is 14.8 Å². The van der Waals surface area contributed by atoms with Gasteiger partial charge in [0, 0.05) is 6.04 Å². The third-order valence-corrected chi connectivity index (χ3v) is 3.49. The molecule has 1 aromatic carbocycles. The lowest BCUT2D eigenvalue weighted by Gasteiger charge is -2.23. The number of nitrogens with one attached hydrogen (secondary N) is 1. The molecule has 110 valence electrons. The monoisotopic (exact) mass is 277 g/mol. The quantitative estimate of drug-likeness (QED) is 0.812. The van der Waals surface area contributed by atoms with Crippen LogP contribution in [0.25, 0.3) is 0 Å². The van der Waals surface area contributed by atoms with E-state index in [2.05, 4.69) is 5.32 Å². The van der Waals surface area contributed by atoms with Crippen LogP contribution in [0.4, 0.5) is 0 Å². The van der Waals surface area contributed by atoms with E-state index in [4.69, 9.17) is 9.47 Å². The van der Waals surface area contributed by atoms with E-state index in [0.29, 0.717) is 24.8 Å². The van der Waals surface area contributed by atoms with Crippen molar-refractivity contribution < 1.29 is 14.3 Å². The number of hydrogen-bond acceptors (Lipinski definition) is 4. The van der Waals surface area contributed by atoms with Crippen LogP contribution in [0.15, 0.2) is 24.3 Å². The standard InChI is InChI=1S/C16H23NO3/c1-2-19-16(18)13-6-5-8-15(12-13)20-11-9-14-7-3-4-10-17-14/h5-6,8,12,14,17H,2-4,7,9-11H2,1H3/t14-/m1/s1. The van der Waals surface area contributed by atoms with Crippen LogP contribution in [-0.2, 0) is 4.74 Å². The van der Waals surface area contributed by atoms with Crippen LogP contribution in [0.2, 0.25) is 0 Å². The zero-order valence-electron chi connectivity index (χ0n) is 12.1. The van der Waals surface area contributed by atoms with E-state index in [1.807, 2.05) is 12.1 Å². The van der Waals surface area contributed by atoms with Gasteiger partial charge in [0.05, 0.1) is 18.8 Å². The van der Waals surface area contributed by atoms with E-state index in [1.165, 1.54) is 19.3 Å². The molecule has 0 unspecified atom stereocenters. The number of ether oxygens (including phenoxy) is 2. The van der Waals surface area contributed by atoms with Gasteiger partial charge in [-0.2, -0.15) is 0 Å². The Morgan fingerprint density at radius 1 is 1.40 bits per heavy atom. The van der Waals surface area contributed by atoms with Crippen LogP contribution in [0, 0.1) is 0 Å². The highest BCUT2D eigenvalue weighted by atomic mass is 16.5. The van der Waals surface area contributed by atoms with Gasteiger partial charge in [0.2, 0.25) is 0 Å². The first-order valence-electron chi connectivity index (χ1n) is 7.43. The molecule has 0 bridgehead atoms. The molecule has 0 saturated carbocycles. The summed E-state index contributed by atoms with van der Waals surface area (Å²) in [6.07, 6.45) is 4.81. The Morgan fingerprint density at radius 2 is 2.30 bits per heavy atom. The van der Waals surface area contributed by atoms with E-state index in [1.54, 1.807) is 19.1 Å². The van der Waals surface area contributed by atoms with Crippen molar-refractivity contribution in [2.45, 2.75) is 38.6 Å². The smallest absolute Gasteiger partial charge is 0.338 e. The van der Waals surface area contributed by atoms with Crippen LogP contribution in [0.5, 0.6) is 5.75 Å². The van der Waals surface area contributed by atoms with Crippen LogP contribution in [0.3, 0.4) is 0 Å². The first-order chi connectivity index (χ1) is 9.79. The Hall–Kier alpha value is -1.55. The van der Waals surface area contributed by atoms with Crippen molar-refractivity contribution in [1.29, 1.82) is 0 Å². The molecular weight excluding hydrogens is 254 g/mol. The maximum atomic E-state index is 11.6. The summed E-state index contributed by atoms with van der Waals surface area (Å²) in [6, 6.07) is 7.74. The number of esters is 1. The Labute approximate surface area is 120 Å². The van der Waals surface area contributed by atoms with Gasteiger partial charge in [0.1, 0.15) is 5.75 Å². The highest BCUT2D eigenvalue weighted by Crippen LogP contribution is 2.16. The van der Waals surface area contributed by atoms with Gasteiger partial charge >= 0.3 is 5.97 Å². The number of carbonyl (C=O) groups excluding carboxylic acids is 1. The minimum atomic E-state index is -0.299. The molecule has 0 aliphatic carbocycles. The molecule has 1 N–H and O–H groups in total. The molecule has 1 fully saturated rings. The van der Waals surface area contributed by atoms with Gasteiger partial charge in [-0.05, 0) is 50.9 Å². The number of benzene rings is 1. The lowest BCUT2D eigenvalue weighted by Crippen LogP contribution is -2.35. The molecule has 20 heavy (non-hydrogen) atoms. The second-order valence-corrected chi connectivity index (χ2v) is 5.03. The molecular formula is C16H23NO3. The van der Waals surface area contributed by atoms with Crippen molar-refractivity contribution in [3.8, 4) is 5.75 Å². The Kier molecular flexibility index (Phi) is 5.87. The van der Waals surface area contributed by atoms with Crippen molar-refractivity contribution in [2.24, 2.45) is 0 Å². The van der Waals surface area contributed by atoms with E-state index < -0.39 is 0 Å². The summed E-state index contributed by atoms with van der Waals surface area (Å²) < 4.78 is 10.7. The molecule has 1 aliphatic rings. The summed E-state index contributed by atoms with van der Waals surface area (Å²) in [4.78, 5) is 11.6. The van der Waals surface area contributed by atoms with Gasteiger partial charge in [-0.25, -0.2) is 4.79 Å². The van der Waals surface area contributed by atoms with Crippen molar-refractivity contribution in [2.75, 3.05) is 19.8 Å². The van der Waals surface area contributed by atoms with Crippen LogP contribution >= 0.6 is 0 Å². The van der Waals surface area contributed by atoms with Crippen molar-refractivity contribution in [3.63, 3.8) is 0 Å². The van der Waals surface area contributed by atoms with Crippen LogP contribution in [0.1, 0.15) is 43.0 Å². The van der Waals surface area contributed by atoms with E-state index in [0.717, 1.165) is 18.7 Å². The third kappa shape index (κ3) is 4.53. The maximum Gasteiger partial charge on any atom is 0.338 e. The van der Waals surface area contributed by atoms with Crippen LogP contribution < -0.4 is 10.1 Å². The second kappa shape index (κ2) is 7.90. The first-order valence-corrected chi connectivity index (χ1v) is 7.43. The van der Waals surface area contributed by atoms with Gasteiger partial charge in [-0.15, -0.1) is 0 Å². The predicted molar refractivity (Wildman–Crippen MR) is 78.2 cm³/mol. The summed E-state index contributed by atoms with van der Waals surface area (Å²) in [5.74, 6) is 0.429. The molecule has 1 aliphatic heterocycles. The highest BCUT2D eigenvalue weighted by molar-refractivity contribution is 5.89. The second-order valence-electron chi connectivity index (χ2n) is 5.03. The number of hydrogen-bond donors (Lipinski definition) is 1. The largest absolute Gasteiger partial charge is 0.494 e. The zero-order valence-corrected chi connectivity index (χ0v) is 12.1.